The maximum atomic E-state index is 12.4. The molecule has 0 spiro atoms. The number of aromatic nitrogens is 1. The number of halogens is 1. The van der Waals surface area contributed by atoms with Crippen molar-refractivity contribution in [1.29, 1.82) is 0 Å². The van der Waals surface area contributed by atoms with Crippen molar-refractivity contribution in [3.8, 4) is 5.88 Å². The molecule has 0 aliphatic rings. The van der Waals surface area contributed by atoms with Gasteiger partial charge in [-0.05, 0) is 55.1 Å². The second kappa shape index (κ2) is 8.41. The smallest absolute Gasteiger partial charge is 0.213 e. The molecule has 1 rings (SSSR count). The lowest BCUT2D eigenvalue weighted by Gasteiger charge is -2.25. The topological polar surface area (TPSA) is 51.2 Å². The van der Waals surface area contributed by atoms with Crippen LogP contribution in [0.3, 0.4) is 0 Å². The van der Waals surface area contributed by atoms with E-state index in [0.29, 0.717) is 18.2 Å². The SMILES string of the molecule is COc1ccc(Br)c(CC(CC(C)C)NS(=O)C(C)(C)C)n1. The molecule has 1 heterocycles. The highest BCUT2D eigenvalue weighted by atomic mass is 79.9. The molecule has 0 saturated heterocycles. The predicted molar refractivity (Wildman–Crippen MR) is 96.5 cm³/mol. The van der Waals surface area contributed by atoms with Crippen molar-refractivity contribution in [2.45, 2.75) is 58.2 Å². The van der Waals surface area contributed by atoms with E-state index in [9.17, 15) is 4.21 Å². The third kappa shape index (κ3) is 6.34. The van der Waals surface area contributed by atoms with Gasteiger partial charge in [0.1, 0.15) is 0 Å². The van der Waals surface area contributed by atoms with Crippen molar-refractivity contribution < 1.29 is 8.95 Å². The van der Waals surface area contributed by atoms with Crippen molar-refractivity contribution in [2.24, 2.45) is 5.92 Å². The van der Waals surface area contributed by atoms with Crippen LogP contribution in [0.15, 0.2) is 16.6 Å². The summed E-state index contributed by atoms with van der Waals surface area (Å²) in [6.07, 6.45) is 1.64. The number of nitrogens with one attached hydrogen (secondary N) is 1. The predicted octanol–water partition coefficient (Wildman–Crippen LogP) is 3.86. The van der Waals surface area contributed by atoms with Gasteiger partial charge in [-0.1, -0.05) is 13.8 Å². The third-order valence-electron chi connectivity index (χ3n) is 3.13. The highest BCUT2D eigenvalue weighted by Crippen LogP contribution is 2.22. The van der Waals surface area contributed by atoms with E-state index in [1.165, 1.54) is 0 Å². The summed E-state index contributed by atoms with van der Waals surface area (Å²) < 4.78 is 21.5. The normalized spacial score (nSPS) is 14.9. The van der Waals surface area contributed by atoms with Crippen molar-refractivity contribution in [1.82, 2.24) is 9.71 Å². The quantitative estimate of drug-likeness (QED) is 0.768. The maximum Gasteiger partial charge on any atom is 0.213 e. The summed E-state index contributed by atoms with van der Waals surface area (Å²) >= 11 is 3.54. The van der Waals surface area contributed by atoms with Gasteiger partial charge in [-0.3, -0.25) is 0 Å². The average molecular weight is 391 g/mol. The molecule has 0 amide bonds. The van der Waals surface area contributed by atoms with E-state index in [-0.39, 0.29) is 10.8 Å². The van der Waals surface area contributed by atoms with Gasteiger partial charge in [0, 0.05) is 23.0 Å². The molecule has 4 nitrogen and oxygen atoms in total. The lowest BCUT2D eigenvalue weighted by molar-refractivity contribution is 0.394. The van der Waals surface area contributed by atoms with Crippen molar-refractivity contribution >= 4 is 26.9 Å². The fourth-order valence-corrected chi connectivity index (χ4v) is 3.24. The maximum absolute atomic E-state index is 12.4. The molecule has 0 radical (unpaired) electrons. The zero-order valence-corrected chi connectivity index (χ0v) is 16.7. The molecular weight excluding hydrogens is 364 g/mol. The van der Waals surface area contributed by atoms with Gasteiger partial charge in [-0.15, -0.1) is 0 Å². The second-order valence-electron chi connectivity index (χ2n) is 6.81. The van der Waals surface area contributed by atoms with Gasteiger partial charge in [-0.2, -0.15) is 0 Å². The number of ether oxygens (including phenoxy) is 1. The van der Waals surface area contributed by atoms with Gasteiger partial charge in [0.05, 0.1) is 28.5 Å². The Balaban J connectivity index is 2.91. The molecule has 2 atom stereocenters. The van der Waals surface area contributed by atoms with E-state index in [1.54, 1.807) is 7.11 Å². The van der Waals surface area contributed by atoms with Gasteiger partial charge >= 0.3 is 0 Å². The van der Waals surface area contributed by atoms with Crippen molar-refractivity contribution in [2.75, 3.05) is 7.11 Å². The van der Waals surface area contributed by atoms with Gasteiger partial charge in [0.2, 0.25) is 5.88 Å². The van der Waals surface area contributed by atoms with Crippen LogP contribution in [0.2, 0.25) is 0 Å². The van der Waals surface area contributed by atoms with E-state index in [0.717, 1.165) is 16.6 Å². The highest BCUT2D eigenvalue weighted by molar-refractivity contribution is 9.10. The number of hydrogen-bond acceptors (Lipinski definition) is 3. The van der Waals surface area contributed by atoms with Crippen molar-refractivity contribution in [3.63, 3.8) is 0 Å². The summed E-state index contributed by atoms with van der Waals surface area (Å²) in [5, 5.41) is 0. The van der Waals surface area contributed by atoms with Crippen LogP contribution < -0.4 is 9.46 Å². The third-order valence-corrected chi connectivity index (χ3v) is 5.51. The second-order valence-corrected chi connectivity index (χ2v) is 9.66. The van der Waals surface area contributed by atoms with Crippen LogP contribution in [0.4, 0.5) is 0 Å². The number of rotatable bonds is 7. The molecule has 0 aliphatic heterocycles. The molecule has 0 aliphatic carbocycles. The Bertz CT molecular complexity index is 515. The van der Waals surface area contributed by atoms with Crippen LogP contribution in [0.25, 0.3) is 0 Å². The summed E-state index contributed by atoms with van der Waals surface area (Å²) in [7, 11) is 0.514. The standard InChI is InChI=1S/C16H27BrN2O2S/c1-11(2)9-12(19-22(20)16(3,4)5)10-14-13(17)7-8-15(18-14)21-6/h7-8,11-12,19H,9-10H2,1-6H3. The van der Waals surface area contributed by atoms with E-state index >= 15 is 0 Å². The summed E-state index contributed by atoms with van der Waals surface area (Å²) in [6, 6.07) is 3.87. The Morgan fingerprint density at radius 2 is 2.00 bits per heavy atom. The van der Waals surface area contributed by atoms with Crippen LogP contribution in [-0.2, 0) is 17.4 Å². The summed E-state index contributed by atoms with van der Waals surface area (Å²) in [6.45, 7) is 10.3. The van der Waals surface area contributed by atoms with Gasteiger partial charge < -0.3 is 4.74 Å². The van der Waals surface area contributed by atoms with Crippen molar-refractivity contribution in [3.05, 3.63) is 22.3 Å². The first-order valence-electron chi connectivity index (χ1n) is 7.51. The summed E-state index contributed by atoms with van der Waals surface area (Å²) in [4.78, 5) is 4.50. The molecule has 0 bridgehead atoms. The molecule has 0 fully saturated rings. The van der Waals surface area contributed by atoms with Gasteiger partial charge in [-0.25, -0.2) is 13.9 Å². The molecule has 1 N–H and O–H groups in total. The fraction of sp³-hybridized carbons (Fsp3) is 0.688. The number of pyridine rings is 1. The van der Waals surface area contributed by atoms with E-state index in [2.05, 4.69) is 39.5 Å². The Kier molecular flexibility index (Phi) is 7.49. The van der Waals surface area contributed by atoms with E-state index in [4.69, 9.17) is 4.74 Å². The van der Waals surface area contributed by atoms with E-state index in [1.807, 2.05) is 32.9 Å². The number of hydrogen-bond donors (Lipinski definition) is 1. The number of methoxy groups -OCH3 is 1. The molecule has 0 aromatic carbocycles. The molecule has 2 unspecified atom stereocenters. The first kappa shape index (κ1) is 19.6. The van der Waals surface area contributed by atoms with Crippen LogP contribution >= 0.6 is 15.9 Å². The first-order valence-corrected chi connectivity index (χ1v) is 9.45. The Labute approximate surface area is 145 Å². The molecule has 6 heteroatoms. The zero-order chi connectivity index (χ0) is 16.9. The Morgan fingerprint density at radius 1 is 1.36 bits per heavy atom. The highest BCUT2D eigenvalue weighted by Gasteiger charge is 2.24. The van der Waals surface area contributed by atoms with Crippen LogP contribution in [0, 0.1) is 5.92 Å². The first-order chi connectivity index (χ1) is 10.1. The lowest BCUT2D eigenvalue weighted by Crippen LogP contribution is -2.41. The summed E-state index contributed by atoms with van der Waals surface area (Å²) in [5.74, 6) is 1.11. The van der Waals surface area contributed by atoms with Gasteiger partial charge in [0.25, 0.3) is 0 Å². The largest absolute Gasteiger partial charge is 0.481 e. The van der Waals surface area contributed by atoms with Crippen LogP contribution in [0.1, 0.15) is 46.7 Å². The Morgan fingerprint density at radius 3 is 2.50 bits per heavy atom. The monoisotopic (exact) mass is 390 g/mol. The molecule has 1 aromatic rings. The molecule has 0 saturated carbocycles. The molecule has 1 aromatic heterocycles. The lowest BCUT2D eigenvalue weighted by atomic mass is 10.0. The Hall–Kier alpha value is -0.460. The summed E-state index contributed by atoms with van der Waals surface area (Å²) in [5.41, 5.74) is 0.920. The molecule has 126 valence electrons. The van der Waals surface area contributed by atoms with Crippen LogP contribution in [0.5, 0.6) is 5.88 Å². The average Bonchev–Trinajstić information content (AvgIpc) is 2.39. The number of nitrogens with zero attached hydrogens (tertiary/aromatic N) is 1. The molecular formula is C16H27BrN2O2S. The van der Waals surface area contributed by atoms with Crippen LogP contribution in [-0.4, -0.2) is 27.1 Å². The minimum absolute atomic E-state index is 0.107. The minimum Gasteiger partial charge on any atom is -0.481 e. The molecule has 22 heavy (non-hydrogen) atoms. The minimum atomic E-state index is -1.10. The van der Waals surface area contributed by atoms with Gasteiger partial charge in [0.15, 0.2) is 0 Å². The van der Waals surface area contributed by atoms with E-state index < -0.39 is 11.0 Å². The zero-order valence-electron chi connectivity index (χ0n) is 14.3. The fourth-order valence-electron chi connectivity index (χ4n) is 2.02.